The summed E-state index contributed by atoms with van der Waals surface area (Å²) >= 11 is 1.53. The highest BCUT2D eigenvalue weighted by atomic mass is 32.2. The highest BCUT2D eigenvalue weighted by Gasteiger charge is 2.22. The molecule has 154 valence electrons. The van der Waals surface area contributed by atoms with E-state index in [-0.39, 0.29) is 12.0 Å². The smallest absolute Gasteiger partial charge is 0.256 e. The number of hydrogen-bond acceptors (Lipinski definition) is 5. The number of terminal acetylenes is 1. The molecule has 1 aliphatic heterocycles. The Morgan fingerprint density at radius 2 is 2.27 bits per heavy atom. The van der Waals surface area contributed by atoms with E-state index in [1.165, 1.54) is 18.1 Å². The van der Waals surface area contributed by atoms with Crippen molar-refractivity contribution in [1.82, 2.24) is 14.5 Å². The van der Waals surface area contributed by atoms with Gasteiger partial charge in [-0.15, -0.1) is 18.2 Å². The number of amides is 1. The number of aromatic nitrogens is 3. The summed E-state index contributed by atoms with van der Waals surface area (Å²) in [5.41, 5.74) is 3.57. The number of rotatable bonds is 6. The van der Waals surface area contributed by atoms with Crippen molar-refractivity contribution in [1.29, 1.82) is 0 Å². The van der Waals surface area contributed by atoms with Crippen molar-refractivity contribution in [3.05, 3.63) is 47.4 Å². The number of carbonyl (C=O) groups excluding carboxylic acids is 1. The number of carbonyl (C=O) groups is 1. The van der Waals surface area contributed by atoms with Crippen molar-refractivity contribution in [3.63, 3.8) is 0 Å². The van der Waals surface area contributed by atoms with Crippen LogP contribution in [0.3, 0.4) is 0 Å². The van der Waals surface area contributed by atoms with Crippen LogP contribution in [0.4, 0.5) is 5.82 Å². The highest BCUT2D eigenvalue weighted by molar-refractivity contribution is 7.99. The van der Waals surface area contributed by atoms with Gasteiger partial charge < -0.3 is 14.6 Å². The molecule has 0 unspecified atom stereocenters. The van der Waals surface area contributed by atoms with Gasteiger partial charge in [0.05, 0.1) is 23.8 Å². The third kappa shape index (κ3) is 4.07. The van der Waals surface area contributed by atoms with Gasteiger partial charge in [0, 0.05) is 22.8 Å². The molecule has 0 radical (unpaired) electrons. The van der Waals surface area contributed by atoms with Crippen LogP contribution in [0, 0.1) is 26.2 Å². The summed E-state index contributed by atoms with van der Waals surface area (Å²) in [6.45, 7) is 5.69. The predicted octanol–water partition coefficient (Wildman–Crippen LogP) is 4.20. The van der Waals surface area contributed by atoms with Crippen molar-refractivity contribution >= 4 is 34.5 Å². The first kappa shape index (κ1) is 20.5. The topological polar surface area (TPSA) is 69.0 Å². The van der Waals surface area contributed by atoms with Gasteiger partial charge in [0.1, 0.15) is 17.8 Å². The van der Waals surface area contributed by atoms with E-state index in [0.717, 1.165) is 53.2 Å². The molecule has 2 aromatic heterocycles. The van der Waals surface area contributed by atoms with Gasteiger partial charge in [-0.1, -0.05) is 12.0 Å². The van der Waals surface area contributed by atoms with Gasteiger partial charge in [-0.3, -0.25) is 4.79 Å². The third-order valence-corrected chi connectivity index (χ3v) is 6.36. The van der Waals surface area contributed by atoms with Crippen LogP contribution in [0.25, 0.3) is 11.0 Å². The Kier molecular flexibility index (Phi) is 6.07. The molecule has 0 spiro atoms. The first-order valence-corrected chi connectivity index (χ1v) is 11.0. The number of nitrogens with zero attached hydrogens (tertiary/aromatic N) is 3. The average molecular weight is 421 g/mol. The maximum absolute atomic E-state index is 12.9. The van der Waals surface area contributed by atoms with E-state index in [0.29, 0.717) is 17.1 Å². The maximum atomic E-state index is 12.9. The second-order valence-electron chi connectivity index (χ2n) is 7.35. The quantitative estimate of drug-likeness (QED) is 0.478. The van der Waals surface area contributed by atoms with Crippen LogP contribution < -0.4 is 5.32 Å². The van der Waals surface area contributed by atoms with Crippen LogP contribution in [0.15, 0.2) is 35.5 Å². The first-order valence-electron chi connectivity index (χ1n) is 9.98. The van der Waals surface area contributed by atoms with E-state index in [1.807, 2.05) is 25.1 Å². The molecule has 4 rings (SSSR count). The minimum Gasteiger partial charge on any atom is -0.376 e. The number of aryl methyl sites for hydroxylation is 1. The third-order valence-electron chi connectivity index (χ3n) is 5.47. The molecule has 1 amide bonds. The Labute approximate surface area is 180 Å². The number of thioether (sulfide) groups is 1. The molecule has 1 fully saturated rings. The number of nitrogens with one attached hydrogen (secondary N) is 1. The summed E-state index contributed by atoms with van der Waals surface area (Å²) < 4.78 is 7.99. The summed E-state index contributed by atoms with van der Waals surface area (Å²) in [7, 11) is 0. The molecule has 0 bridgehead atoms. The molecule has 1 N–H and O–H groups in total. The van der Waals surface area contributed by atoms with E-state index in [1.54, 1.807) is 6.07 Å². The van der Waals surface area contributed by atoms with Crippen molar-refractivity contribution in [2.24, 2.45) is 0 Å². The van der Waals surface area contributed by atoms with Crippen LogP contribution in [0.5, 0.6) is 0 Å². The molecule has 1 aliphatic rings. The predicted molar refractivity (Wildman–Crippen MR) is 120 cm³/mol. The van der Waals surface area contributed by atoms with Gasteiger partial charge in [0.2, 0.25) is 0 Å². The van der Waals surface area contributed by atoms with Crippen LogP contribution >= 0.6 is 11.8 Å². The van der Waals surface area contributed by atoms with Crippen molar-refractivity contribution in [2.45, 2.75) is 44.2 Å². The van der Waals surface area contributed by atoms with E-state index < -0.39 is 0 Å². The molecule has 1 aromatic carbocycles. The zero-order valence-electron chi connectivity index (χ0n) is 17.1. The Hall–Kier alpha value is -2.82. The van der Waals surface area contributed by atoms with Gasteiger partial charge in [0.15, 0.2) is 0 Å². The zero-order valence-corrected chi connectivity index (χ0v) is 18.0. The molecule has 3 heterocycles. The van der Waals surface area contributed by atoms with Gasteiger partial charge in [-0.25, -0.2) is 9.97 Å². The largest absolute Gasteiger partial charge is 0.376 e. The number of fused-ring (bicyclic) bond motifs is 1. The molecule has 0 aliphatic carbocycles. The molecule has 3 aromatic rings. The lowest BCUT2D eigenvalue weighted by Gasteiger charge is -2.13. The van der Waals surface area contributed by atoms with Crippen molar-refractivity contribution in [2.75, 3.05) is 17.7 Å². The average Bonchev–Trinajstić information content (AvgIpc) is 3.36. The van der Waals surface area contributed by atoms with E-state index in [9.17, 15) is 4.79 Å². The Bertz CT molecular complexity index is 1130. The summed E-state index contributed by atoms with van der Waals surface area (Å²) in [6.07, 6.45) is 9.19. The molecule has 0 saturated carbocycles. The second-order valence-corrected chi connectivity index (χ2v) is 8.40. The molecular weight excluding hydrogens is 396 g/mol. The van der Waals surface area contributed by atoms with Gasteiger partial charge in [0.25, 0.3) is 5.91 Å². The highest BCUT2D eigenvalue weighted by Crippen LogP contribution is 2.30. The fraction of sp³-hybridized carbons (Fsp3) is 0.348. The van der Waals surface area contributed by atoms with Gasteiger partial charge in [-0.2, -0.15) is 0 Å². The molecule has 1 atom stereocenters. The lowest BCUT2D eigenvalue weighted by atomic mass is 10.2. The Balaban J connectivity index is 1.63. The van der Waals surface area contributed by atoms with E-state index in [4.69, 9.17) is 11.2 Å². The summed E-state index contributed by atoms with van der Waals surface area (Å²) in [5, 5.41) is 3.85. The SMILES string of the molecule is C#CCSc1cccc(C(=O)Nc2ncnc3c2c(C)c(C)n3C[C@H]2CCCO2)c1. The van der Waals surface area contributed by atoms with Gasteiger partial charge >= 0.3 is 0 Å². The molecule has 7 heteroatoms. The number of anilines is 1. The lowest BCUT2D eigenvalue weighted by Crippen LogP contribution is -2.16. The molecular formula is C23H24N4O2S. The second kappa shape index (κ2) is 8.90. The number of benzene rings is 1. The summed E-state index contributed by atoms with van der Waals surface area (Å²) in [6, 6.07) is 7.43. The normalized spacial score (nSPS) is 16.0. The monoisotopic (exact) mass is 420 g/mol. The molecule has 1 saturated heterocycles. The maximum Gasteiger partial charge on any atom is 0.256 e. The van der Waals surface area contributed by atoms with E-state index >= 15 is 0 Å². The van der Waals surface area contributed by atoms with Crippen LogP contribution in [-0.4, -0.2) is 38.9 Å². The fourth-order valence-corrected chi connectivity index (χ4v) is 4.45. The summed E-state index contributed by atoms with van der Waals surface area (Å²) in [5.74, 6) is 3.48. The van der Waals surface area contributed by atoms with Crippen molar-refractivity contribution in [3.8, 4) is 12.3 Å². The zero-order chi connectivity index (χ0) is 21.1. The molecule has 6 nitrogen and oxygen atoms in total. The first-order chi connectivity index (χ1) is 14.6. The Morgan fingerprint density at radius 3 is 3.03 bits per heavy atom. The van der Waals surface area contributed by atoms with E-state index in [2.05, 4.69) is 32.7 Å². The standard InChI is InChI=1S/C23H24N4O2S/c1-4-11-30-19-9-5-7-17(12-19)23(28)26-21-20-15(2)16(3)27(22(20)25-14-24-21)13-18-8-6-10-29-18/h1,5,7,9,12,14,18H,6,8,10-11,13H2,2-3H3,(H,24,25,26,28)/t18-/m1/s1. The fourth-order valence-electron chi connectivity index (χ4n) is 3.81. The Morgan fingerprint density at radius 1 is 1.40 bits per heavy atom. The van der Waals surface area contributed by atoms with Crippen LogP contribution in [0.1, 0.15) is 34.5 Å². The molecule has 30 heavy (non-hydrogen) atoms. The van der Waals surface area contributed by atoms with Crippen LogP contribution in [0.2, 0.25) is 0 Å². The number of hydrogen-bond donors (Lipinski definition) is 1. The lowest BCUT2D eigenvalue weighted by molar-refractivity contribution is 0.0974. The minimum absolute atomic E-state index is 0.204. The van der Waals surface area contributed by atoms with Crippen molar-refractivity contribution < 1.29 is 9.53 Å². The summed E-state index contributed by atoms with van der Waals surface area (Å²) in [4.78, 5) is 22.8. The van der Waals surface area contributed by atoms with Crippen LogP contribution in [-0.2, 0) is 11.3 Å². The minimum atomic E-state index is -0.206. The van der Waals surface area contributed by atoms with Gasteiger partial charge in [-0.05, 0) is 50.5 Å². The number of ether oxygens (including phenoxy) is 1.